The summed E-state index contributed by atoms with van der Waals surface area (Å²) in [6.45, 7) is 0. The Labute approximate surface area is 307 Å². The highest BCUT2D eigenvalue weighted by Crippen LogP contribution is 2.43. The summed E-state index contributed by atoms with van der Waals surface area (Å²) in [5.41, 5.74) is 10.6. The van der Waals surface area contributed by atoms with Gasteiger partial charge in [0.25, 0.3) is 0 Å². The molecule has 0 amide bonds. The summed E-state index contributed by atoms with van der Waals surface area (Å²) in [4.78, 5) is 2.38. The van der Waals surface area contributed by atoms with Crippen LogP contribution >= 0.6 is 11.3 Å². The first kappa shape index (κ1) is 30.4. The molecular weight excluding hydrogens is 647 g/mol. The fraction of sp³-hybridized carbons (Fsp3) is 0. The van der Waals surface area contributed by atoms with Gasteiger partial charge in [-0.1, -0.05) is 146 Å². The van der Waals surface area contributed by atoms with Crippen LogP contribution in [0.5, 0.6) is 0 Å². The minimum Gasteiger partial charge on any atom is -0.310 e. The number of rotatable bonds is 6. The zero-order valence-corrected chi connectivity index (χ0v) is 29.2. The van der Waals surface area contributed by atoms with Crippen molar-refractivity contribution < 1.29 is 0 Å². The van der Waals surface area contributed by atoms with E-state index in [-0.39, 0.29) is 0 Å². The Hall–Kier alpha value is -6.48. The van der Waals surface area contributed by atoms with Gasteiger partial charge in [-0.2, -0.15) is 0 Å². The molecule has 1 aromatic heterocycles. The molecule has 0 saturated carbocycles. The Bertz CT molecular complexity index is 2890. The summed E-state index contributed by atoms with van der Waals surface area (Å²) in [5.74, 6) is 0. The Kier molecular flexibility index (Phi) is 7.41. The normalized spacial score (nSPS) is 11.5. The molecule has 0 aliphatic rings. The minimum atomic E-state index is 1.11. The predicted octanol–water partition coefficient (Wildman–Crippen LogP) is 14.8. The predicted molar refractivity (Wildman–Crippen MR) is 225 cm³/mol. The second kappa shape index (κ2) is 12.7. The van der Waals surface area contributed by atoms with E-state index >= 15 is 0 Å². The highest BCUT2D eigenvalue weighted by atomic mass is 32.1. The lowest BCUT2D eigenvalue weighted by Gasteiger charge is -2.28. The summed E-state index contributed by atoms with van der Waals surface area (Å²) in [5, 5.41) is 7.79. The third kappa shape index (κ3) is 5.33. The lowest BCUT2D eigenvalue weighted by atomic mass is 9.97. The van der Waals surface area contributed by atoms with Crippen LogP contribution in [0.3, 0.4) is 0 Å². The molecule has 2 heteroatoms. The zero-order chi connectivity index (χ0) is 34.4. The van der Waals surface area contributed by atoms with Crippen LogP contribution in [0.15, 0.2) is 200 Å². The first-order valence-corrected chi connectivity index (χ1v) is 18.6. The number of benzene rings is 9. The van der Waals surface area contributed by atoms with E-state index in [1.54, 1.807) is 0 Å². The number of hydrogen-bond donors (Lipinski definition) is 0. The smallest absolute Gasteiger partial charge is 0.0540 e. The lowest BCUT2D eigenvalue weighted by molar-refractivity contribution is 1.28. The molecule has 0 aliphatic heterocycles. The van der Waals surface area contributed by atoms with E-state index in [0.29, 0.717) is 0 Å². The van der Waals surface area contributed by atoms with E-state index in [0.717, 1.165) is 17.1 Å². The molecule has 0 unspecified atom stereocenters. The number of thiophene rings is 1. The van der Waals surface area contributed by atoms with Crippen molar-refractivity contribution in [3.63, 3.8) is 0 Å². The van der Waals surface area contributed by atoms with Gasteiger partial charge >= 0.3 is 0 Å². The van der Waals surface area contributed by atoms with Crippen molar-refractivity contribution in [3.8, 4) is 33.4 Å². The van der Waals surface area contributed by atoms with E-state index in [2.05, 4.69) is 205 Å². The molecule has 0 radical (unpaired) electrons. The van der Waals surface area contributed by atoms with Crippen molar-refractivity contribution >= 4 is 70.1 Å². The average Bonchev–Trinajstić information content (AvgIpc) is 3.61. The molecule has 244 valence electrons. The number of hydrogen-bond acceptors (Lipinski definition) is 2. The zero-order valence-electron chi connectivity index (χ0n) is 28.4. The summed E-state index contributed by atoms with van der Waals surface area (Å²) < 4.78 is 2.68. The molecule has 1 nitrogen and oxygen atoms in total. The largest absolute Gasteiger partial charge is 0.310 e. The SMILES string of the molecule is c1ccc(-c2ccccc2N(c2ccc(-c3ccc4ccccc4c3)cc2)c2ccc(-c3ccc4c(ccc5sc6ccccc6c54)c3)cc2)cc1. The quantitative estimate of drug-likeness (QED) is 0.169. The van der Waals surface area contributed by atoms with Crippen LogP contribution in [-0.2, 0) is 0 Å². The van der Waals surface area contributed by atoms with Crippen LogP contribution in [0.25, 0.3) is 75.1 Å². The number of anilines is 3. The molecule has 0 N–H and O–H groups in total. The standard InChI is InChI=1S/C50H33NS/c1-2-11-37(12-3-1)44-14-6-8-16-47(44)51(42-26-20-35(21-27-42)39-19-18-34-10-4-5-13-38(34)32-39)43-28-22-36(23-29-43)40-24-30-45-41(33-40)25-31-49-50(45)46-15-7-9-17-48(46)52-49/h1-33H. The fourth-order valence-electron chi connectivity index (χ4n) is 7.67. The lowest BCUT2D eigenvalue weighted by Crippen LogP contribution is -2.11. The maximum Gasteiger partial charge on any atom is 0.0540 e. The Morgan fingerprint density at radius 1 is 0.327 bits per heavy atom. The van der Waals surface area contributed by atoms with Crippen LogP contribution in [0, 0.1) is 0 Å². The van der Waals surface area contributed by atoms with E-state index < -0.39 is 0 Å². The van der Waals surface area contributed by atoms with E-state index in [1.807, 2.05) is 11.3 Å². The molecular formula is C50H33NS. The molecule has 1 heterocycles. The third-order valence-electron chi connectivity index (χ3n) is 10.3. The molecule has 52 heavy (non-hydrogen) atoms. The summed E-state index contributed by atoms with van der Waals surface area (Å²) in [7, 11) is 0. The van der Waals surface area contributed by atoms with Gasteiger partial charge in [-0.05, 0) is 104 Å². The van der Waals surface area contributed by atoms with Gasteiger partial charge in [-0.25, -0.2) is 0 Å². The van der Waals surface area contributed by atoms with Gasteiger partial charge in [0.05, 0.1) is 5.69 Å². The fourth-order valence-corrected chi connectivity index (χ4v) is 8.79. The Balaban J connectivity index is 1.05. The van der Waals surface area contributed by atoms with Crippen molar-refractivity contribution in [3.05, 3.63) is 200 Å². The van der Waals surface area contributed by atoms with Gasteiger partial charge in [0, 0.05) is 37.1 Å². The maximum atomic E-state index is 2.38. The van der Waals surface area contributed by atoms with Gasteiger partial charge in [0.15, 0.2) is 0 Å². The molecule has 9 aromatic carbocycles. The Morgan fingerprint density at radius 2 is 0.904 bits per heavy atom. The second-order valence-electron chi connectivity index (χ2n) is 13.3. The monoisotopic (exact) mass is 679 g/mol. The number of nitrogens with zero attached hydrogens (tertiary/aromatic N) is 1. The van der Waals surface area contributed by atoms with Crippen molar-refractivity contribution in [2.45, 2.75) is 0 Å². The summed E-state index contributed by atoms with van der Waals surface area (Å²) in [6, 6.07) is 72.9. The van der Waals surface area contributed by atoms with E-state index in [9.17, 15) is 0 Å². The molecule has 10 aromatic rings. The van der Waals surface area contributed by atoms with Crippen LogP contribution in [0.1, 0.15) is 0 Å². The van der Waals surface area contributed by atoms with Crippen molar-refractivity contribution in [2.24, 2.45) is 0 Å². The van der Waals surface area contributed by atoms with Gasteiger partial charge in [-0.3, -0.25) is 0 Å². The van der Waals surface area contributed by atoms with Crippen molar-refractivity contribution in [1.29, 1.82) is 0 Å². The van der Waals surface area contributed by atoms with Crippen LogP contribution < -0.4 is 4.90 Å². The van der Waals surface area contributed by atoms with Crippen molar-refractivity contribution in [1.82, 2.24) is 0 Å². The van der Waals surface area contributed by atoms with Crippen LogP contribution in [-0.4, -0.2) is 0 Å². The topological polar surface area (TPSA) is 3.24 Å². The van der Waals surface area contributed by atoms with E-state index in [1.165, 1.54) is 75.1 Å². The molecule has 10 rings (SSSR count). The molecule has 0 bridgehead atoms. The second-order valence-corrected chi connectivity index (χ2v) is 14.4. The Morgan fingerprint density at radius 3 is 1.67 bits per heavy atom. The average molecular weight is 680 g/mol. The first-order chi connectivity index (χ1) is 25.8. The highest BCUT2D eigenvalue weighted by molar-refractivity contribution is 7.26. The summed E-state index contributed by atoms with van der Waals surface area (Å²) >= 11 is 1.87. The van der Waals surface area contributed by atoms with Crippen LogP contribution in [0.2, 0.25) is 0 Å². The molecule has 0 saturated heterocycles. The van der Waals surface area contributed by atoms with Gasteiger partial charge in [-0.15, -0.1) is 11.3 Å². The van der Waals surface area contributed by atoms with Crippen molar-refractivity contribution in [2.75, 3.05) is 4.90 Å². The molecule has 0 aliphatic carbocycles. The van der Waals surface area contributed by atoms with Gasteiger partial charge in [0.2, 0.25) is 0 Å². The van der Waals surface area contributed by atoms with Crippen LogP contribution in [0.4, 0.5) is 17.1 Å². The maximum absolute atomic E-state index is 2.38. The highest BCUT2D eigenvalue weighted by Gasteiger charge is 2.18. The molecule has 0 spiro atoms. The van der Waals surface area contributed by atoms with E-state index in [4.69, 9.17) is 0 Å². The third-order valence-corrected chi connectivity index (χ3v) is 11.4. The summed E-state index contributed by atoms with van der Waals surface area (Å²) in [6.07, 6.45) is 0. The minimum absolute atomic E-state index is 1.11. The molecule has 0 atom stereocenters. The first-order valence-electron chi connectivity index (χ1n) is 17.8. The molecule has 0 fully saturated rings. The van der Waals surface area contributed by atoms with Gasteiger partial charge < -0.3 is 4.90 Å². The van der Waals surface area contributed by atoms with Gasteiger partial charge in [0.1, 0.15) is 0 Å². The number of para-hydroxylation sites is 1. The number of fused-ring (bicyclic) bond motifs is 6.